The van der Waals surface area contributed by atoms with Crippen LogP contribution in [0.3, 0.4) is 0 Å². The second-order valence-electron chi connectivity index (χ2n) is 8.60. The van der Waals surface area contributed by atoms with Crippen LogP contribution in [0.1, 0.15) is 24.1 Å². The van der Waals surface area contributed by atoms with E-state index >= 15 is 0 Å². The highest BCUT2D eigenvalue weighted by molar-refractivity contribution is 6.31. The fraction of sp³-hybridized carbons (Fsp3) is 0.375. The topological polar surface area (TPSA) is 79.4 Å². The number of hydrogen-bond donors (Lipinski definition) is 2. The van der Waals surface area contributed by atoms with Crippen molar-refractivity contribution in [3.63, 3.8) is 0 Å². The SMILES string of the molecule is O=C1COc2cc(Cl)c(CNC3CCN(CCc4ccnc5c(F)cc(F)cc45)CC3)nc2N1. The van der Waals surface area contributed by atoms with Gasteiger partial charge >= 0.3 is 0 Å². The summed E-state index contributed by atoms with van der Waals surface area (Å²) in [6.45, 7) is 3.10. The monoisotopic (exact) mass is 487 g/mol. The largest absolute Gasteiger partial charge is 0.480 e. The second-order valence-corrected chi connectivity index (χ2v) is 9.01. The maximum Gasteiger partial charge on any atom is 0.263 e. The van der Waals surface area contributed by atoms with Crippen molar-refractivity contribution < 1.29 is 18.3 Å². The molecule has 0 unspecified atom stereocenters. The van der Waals surface area contributed by atoms with E-state index in [1.807, 2.05) is 6.07 Å². The van der Waals surface area contributed by atoms with Gasteiger partial charge in [-0.05, 0) is 50.0 Å². The summed E-state index contributed by atoms with van der Waals surface area (Å²) in [5, 5.41) is 7.24. The van der Waals surface area contributed by atoms with Crippen LogP contribution in [0.25, 0.3) is 10.9 Å². The lowest BCUT2D eigenvalue weighted by molar-refractivity contribution is -0.118. The highest BCUT2D eigenvalue weighted by atomic mass is 35.5. The zero-order valence-corrected chi connectivity index (χ0v) is 19.2. The van der Waals surface area contributed by atoms with Gasteiger partial charge in [-0.25, -0.2) is 13.8 Å². The maximum atomic E-state index is 14.0. The minimum Gasteiger partial charge on any atom is -0.480 e. The Labute approximate surface area is 200 Å². The summed E-state index contributed by atoms with van der Waals surface area (Å²) in [6, 6.07) is 6.06. The molecule has 4 heterocycles. The fourth-order valence-corrected chi connectivity index (χ4v) is 4.69. The van der Waals surface area contributed by atoms with Crippen LogP contribution in [0, 0.1) is 11.6 Å². The predicted molar refractivity (Wildman–Crippen MR) is 125 cm³/mol. The number of fused-ring (bicyclic) bond motifs is 2. The Hall–Kier alpha value is -2.88. The van der Waals surface area contributed by atoms with Crippen LogP contribution in [0.4, 0.5) is 14.6 Å². The molecule has 2 aromatic heterocycles. The lowest BCUT2D eigenvalue weighted by Crippen LogP contribution is -2.43. The first kappa shape index (κ1) is 22.9. The Morgan fingerprint density at radius 2 is 2.06 bits per heavy atom. The summed E-state index contributed by atoms with van der Waals surface area (Å²) >= 11 is 6.34. The number of likely N-dealkylation sites (tertiary alicyclic amines) is 1. The molecule has 10 heteroatoms. The number of piperidine rings is 1. The van der Waals surface area contributed by atoms with Gasteiger partial charge in [0.05, 0.1) is 10.7 Å². The maximum absolute atomic E-state index is 14.0. The molecule has 0 saturated carbocycles. The first-order chi connectivity index (χ1) is 16.5. The summed E-state index contributed by atoms with van der Waals surface area (Å²) in [5.74, 6) is -0.574. The number of rotatable bonds is 6. The van der Waals surface area contributed by atoms with Crippen LogP contribution in [0.15, 0.2) is 30.5 Å². The number of pyridine rings is 2. The average molecular weight is 488 g/mol. The molecule has 1 amide bonds. The molecular formula is C24H24ClF2N5O2. The van der Waals surface area contributed by atoms with Crippen molar-refractivity contribution in [2.45, 2.75) is 31.8 Å². The highest BCUT2D eigenvalue weighted by Gasteiger charge is 2.22. The van der Waals surface area contributed by atoms with E-state index in [-0.39, 0.29) is 18.0 Å². The van der Waals surface area contributed by atoms with E-state index in [0.717, 1.165) is 44.1 Å². The normalized spacial score (nSPS) is 16.9. The van der Waals surface area contributed by atoms with Gasteiger partial charge in [0.2, 0.25) is 0 Å². The number of carbonyl (C=O) groups excluding carboxylic acids is 1. The lowest BCUT2D eigenvalue weighted by atomic mass is 10.0. The van der Waals surface area contributed by atoms with Crippen molar-refractivity contribution in [3.8, 4) is 5.75 Å². The second kappa shape index (κ2) is 9.77. The molecule has 3 aromatic rings. The van der Waals surface area contributed by atoms with Gasteiger partial charge in [0.1, 0.15) is 11.3 Å². The zero-order chi connectivity index (χ0) is 23.7. The molecule has 34 heavy (non-hydrogen) atoms. The Morgan fingerprint density at radius 1 is 1.24 bits per heavy atom. The predicted octanol–water partition coefficient (Wildman–Crippen LogP) is 3.69. The third-order valence-electron chi connectivity index (χ3n) is 6.33. The van der Waals surface area contributed by atoms with Crippen LogP contribution in [-0.4, -0.2) is 53.1 Å². The summed E-state index contributed by atoms with van der Waals surface area (Å²) in [6.07, 6.45) is 4.19. The van der Waals surface area contributed by atoms with Crippen LogP contribution >= 0.6 is 11.6 Å². The average Bonchev–Trinajstić information content (AvgIpc) is 2.82. The smallest absolute Gasteiger partial charge is 0.263 e. The molecule has 0 atom stereocenters. The van der Waals surface area contributed by atoms with Gasteiger partial charge in [0, 0.05) is 42.8 Å². The van der Waals surface area contributed by atoms with Crippen molar-refractivity contribution >= 4 is 34.2 Å². The number of amides is 1. The molecule has 2 aliphatic heterocycles. The molecule has 5 rings (SSSR count). The molecule has 1 saturated heterocycles. The summed E-state index contributed by atoms with van der Waals surface area (Å²) < 4.78 is 33.1. The lowest BCUT2D eigenvalue weighted by Gasteiger charge is -2.32. The van der Waals surface area contributed by atoms with Gasteiger partial charge < -0.3 is 20.3 Å². The van der Waals surface area contributed by atoms with Gasteiger partial charge in [-0.1, -0.05) is 11.6 Å². The molecule has 0 aliphatic carbocycles. The van der Waals surface area contributed by atoms with Crippen molar-refractivity contribution in [2.24, 2.45) is 0 Å². The van der Waals surface area contributed by atoms with Crippen LogP contribution in [-0.2, 0) is 17.8 Å². The van der Waals surface area contributed by atoms with Crippen molar-refractivity contribution in [2.75, 3.05) is 31.6 Å². The molecule has 2 aliphatic rings. The summed E-state index contributed by atoms with van der Waals surface area (Å²) in [7, 11) is 0. The minimum absolute atomic E-state index is 0.0354. The van der Waals surface area contributed by atoms with E-state index in [1.54, 1.807) is 12.3 Å². The van der Waals surface area contributed by atoms with Crippen LogP contribution in [0.5, 0.6) is 5.75 Å². The summed E-state index contributed by atoms with van der Waals surface area (Å²) in [4.78, 5) is 22.4. The fourth-order valence-electron chi connectivity index (χ4n) is 4.48. The quantitative estimate of drug-likeness (QED) is 0.552. The van der Waals surface area contributed by atoms with Crippen molar-refractivity contribution in [1.29, 1.82) is 0 Å². The number of nitrogens with zero attached hydrogens (tertiary/aromatic N) is 3. The third kappa shape index (κ3) is 4.96. The Kier molecular flexibility index (Phi) is 6.58. The Bertz CT molecular complexity index is 1230. The molecule has 1 fully saturated rings. The molecule has 1 aromatic carbocycles. The zero-order valence-electron chi connectivity index (χ0n) is 18.4. The molecule has 0 spiro atoms. The minimum atomic E-state index is -0.632. The van der Waals surface area contributed by atoms with Crippen LogP contribution < -0.4 is 15.4 Å². The molecule has 0 bridgehead atoms. The third-order valence-corrected chi connectivity index (χ3v) is 6.65. The van der Waals surface area contributed by atoms with Gasteiger partial charge in [0.15, 0.2) is 24.0 Å². The van der Waals surface area contributed by atoms with E-state index in [9.17, 15) is 13.6 Å². The summed E-state index contributed by atoms with van der Waals surface area (Å²) in [5.41, 5.74) is 1.77. The van der Waals surface area contributed by atoms with E-state index in [4.69, 9.17) is 16.3 Å². The number of halogens is 3. The van der Waals surface area contributed by atoms with Gasteiger partial charge in [-0.3, -0.25) is 9.78 Å². The van der Waals surface area contributed by atoms with Crippen molar-refractivity contribution in [3.05, 3.63) is 58.4 Å². The number of ether oxygens (including phenoxy) is 1. The van der Waals surface area contributed by atoms with Gasteiger partial charge in [-0.15, -0.1) is 0 Å². The standard InChI is InChI=1S/C24H24ClF2N5O2/c25-18-11-21-24(31-22(33)13-34-21)30-20(18)12-29-16-3-7-32(8-4-16)6-2-14-1-5-28-23-17(14)9-15(26)10-19(23)27/h1,5,9-11,16,29H,2-4,6-8,12-13H2,(H,30,31,33). The van der Waals surface area contributed by atoms with E-state index in [2.05, 4.69) is 25.5 Å². The van der Waals surface area contributed by atoms with E-state index < -0.39 is 11.6 Å². The Balaban J connectivity index is 1.13. The first-order valence-corrected chi connectivity index (χ1v) is 11.6. The number of benzene rings is 1. The molecular weight excluding hydrogens is 464 g/mol. The van der Waals surface area contributed by atoms with Crippen LogP contribution in [0.2, 0.25) is 5.02 Å². The number of anilines is 1. The van der Waals surface area contributed by atoms with Gasteiger partial charge in [-0.2, -0.15) is 0 Å². The van der Waals surface area contributed by atoms with E-state index in [1.165, 1.54) is 6.07 Å². The Morgan fingerprint density at radius 3 is 2.88 bits per heavy atom. The number of carbonyl (C=O) groups is 1. The number of nitrogens with one attached hydrogen (secondary N) is 2. The van der Waals surface area contributed by atoms with E-state index in [0.29, 0.717) is 46.7 Å². The molecule has 178 valence electrons. The first-order valence-electron chi connectivity index (χ1n) is 11.3. The number of hydrogen-bond acceptors (Lipinski definition) is 6. The number of aromatic nitrogens is 2. The molecule has 0 radical (unpaired) electrons. The van der Waals surface area contributed by atoms with Gasteiger partial charge in [0.25, 0.3) is 5.91 Å². The van der Waals surface area contributed by atoms with Crippen molar-refractivity contribution in [1.82, 2.24) is 20.2 Å². The molecule has 7 nitrogen and oxygen atoms in total. The highest BCUT2D eigenvalue weighted by Crippen LogP contribution is 2.30. The molecule has 2 N–H and O–H groups in total.